The van der Waals surface area contributed by atoms with Crippen molar-refractivity contribution >= 4 is 5.91 Å². The Morgan fingerprint density at radius 1 is 1.26 bits per heavy atom. The molecule has 0 aliphatic rings. The molecule has 104 valence electrons. The quantitative estimate of drug-likeness (QED) is 0.773. The Hall–Kier alpha value is -1.61. The summed E-state index contributed by atoms with van der Waals surface area (Å²) >= 11 is 0. The average molecular weight is 260 g/mol. The minimum atomic E-state index is -0.519. The zero-order valence-corrected chi connectivity index (χ0v) is 12.0. The topological polar surface area (TPSA) is 55.1 Å². The van der Waals surface area contributed by atoms with E-state index < -0.39 is 6.04 Å². The first-order chi connectivity index (χ1) is 8.95. The van der Waals surface area contributed by atoms with Crippen molar-refractivity contribution in [1.82, 2.24) is 5.32 Å². The van der Waals surface area contributed by atoms with E-state index in [4.69, 9.17) is 5.73 Å². The summed E-state index contributed by atoms with van der Waals surface area (Å²) < 4.78 is 0. The van der Waals surface area contributed by atoms with E-state index in [1.165, 1.54) is 5.56 Å². The number of benzene rings is 1. The van der Waals surface area contributed by atoms with Crippen LogP contribution in [-0.4, -0.2) is 11.9 Å². The number of carbonyl (C=O) groups excluding carboxylic acids is 1. The maximum atomic E-state index is 11.8. The summed E-state index contributed by atoms with van der Waals surface area (Å²) in [6.45, 7) is 9.87. The lowest BCUT2D eigenvalue weighted by Crippen LogP contribution is -2.41. The number of hydrogen-bond donors (Lipinski definition) is 2. The summed E-state index contributed by atoms with van der Waals surface area (Å²) in [4.78, 5) is 11.8. The van der Waals surface area contributed by atoms with E-state index in [9.17, 15) is 4.79 Å². The molecule has 0 heterocycles. The van der Waals surface area contributed by atoms with Crippen LogP contribution in [0, 0.1) is 0 Å². The highest BCUT2D eigenvalue weighted by molar-refractivity contribution is 5.82. The normalized spacial score (nSPS) is 13.9. The van der Waals surface area contributed by atoms with E-state index in [0.717, 1.165) is 5.56 Å². The molecule has 0 saturated heterocycles. The van der Waals surface area contributed by atoms with Gasteiger partial charge in [0.05, 0.1) is 12.1 Å². The van der Waals surface area contributed by atoms with Crippen LogP contribution >= 0.6 is 0 Å². The van der Waals surface area contributed by atoms with Crippen molar-refractivity contribution in [3.63, 3.8) is 0 Å². The Balaban J connectivity index is 2.65. The van der Waals surface area contributed by atoms with Gasteiger partial charge in [-0.05, 0) is 30.4 Å². The fourth-order valence-electron chi connectivity index (χ4n) is 1.86. The van der Waals surface area contributed by atoms with Gasteiger partial charge in [0.2, 0.25) is 5.91 Å². The second-order valence-corrected chi connectivity index (χ2v) is 5.18. The zero-order valence-electron chi connectivity index (χ0n) is 12.0. The minimum absolute atomic E-state index is 0.0374. The lowest BCUT2D eigenvalue weighted by Gasteiger charge is -2.18. The SMILES string of the molecule is C=CCC(N)C(=O)NC(C)c1ccc(C(C)C)cc1. The van der Waals surface area contributed by atoms with Crippen molar-refractivity contribution in [3.8, 4) is 0 Å². The molecule has 1 aromatic carbocycles. The molecular weight excluding hydrogens is 236 g/mol. The number of rotatable bonds is 6. The van der Waals surface area contributed by atoms with Crippen molar-refractivity contribution in [2.45, 2.75) is 45.2 Å². The van der Waals surface area contributed by atoms with Crippen molar-refractivity contribution < 1.29 is 4.79 Å². The smallest absolute Gasteiger partial charge is 0.237 e. The first-order valence-electron chi connectivity index (χ1n) is 6.72. The van der Waals surface area contributed by atoms with Crippen molar-refractivity contribution in [2.24, 2.45) is 5.73 Å². The molecule has 0 aromatic heterocycles. The first kappa shape index (κ1) is 15.4. The molecule has 0 bridgehead atoms. The molecule has 1 rings (SSSR count). The third kappa shape index (κ3) is 4.52. The lowest BCUT2D eigenvalue weighted by molar-refractivity contribution is -0.122. The fraction of sp³-hybridized carbons (Fsp3) is 0.438. The van der Waals surface area contributed by atoms with Gasteiger partial charge in [-0.25, -0.2) is 0 Å². The first-order valence-corrected chi connectivity index (χ1v) is 6.72. The van der Waals surface area contributed by atoms with Crippen LogP contribution in [0.2, 0.25) is 0 Å². The average Bonchev–Trinajstić information content (AvgIpc) is 2.38. The van der Waals surface area contributed by atoms with E-state index in [1.807, 2.05) is 6.92 Å². The second kappa shape index (κ2) is 7.10. The molecule has 3 N–H and O–H groups in total. The largest absolute Gasteiger partial charge is 0.348 e. The van der Waals surface area contributed by atoms with E-state index >= 15 is 0 Å². The molecule has 3 heteroatoms. The van der Waals surface area contributed by atoms with Crippen molar-refractivity contribution in [1.29, 1.82) is 0 Å². The molecule has 0 fully saturated rings. The van der Waals surface area contributed by atoms with Gasteiger partial charge in [-0.2, -0.15) is 0 Å². The number of hydrogen-bond acceptors (Lipinski definition) is 2. The van der Waals surface area contributed by atoms with Gasteiger partial charge in [0.25, 0.3) is 0 Å². The van der Waals surface area contributed by atoms with Gasteiger partial charge in [-0.1, -0.05) is 44.2 Å². The van der Waals surface area contributed by atoms with Gasteiger partial charge in [0.1, 0.15) is 0 Å². The van der Waals surface area contributed by atoms with Crippen LogP contribution in [-0.2, 0) is 4.79 Å². The molecular formula is C16H24N2O. The highest BCUT2D eigenvalue weighted by Gasteiger charge is 2.15. The Kier molecular flexibility index (Phi) is 5.77. The summed E-state index contributed by atoms with van der Waals surface area (Å²) in [7, 11) is 0. The van der Waals surface area contributed by atoms with E-state index in [1.54, 1.807) is 6.08 Å². The molecule has 0 spiro atoms. The van der Waals surface area contributed by atoms with Crippen LogP contribution < -0.4 is 11.1 Å². The molecule has 0 aliphatic heterocycles. The van der Waals surface area contributed by atoms with E-state index in [2.05, 4.69) is 50.0 Å². The second-order valence-electron chi connectivity index (χ2n) is 5.18. The van der Waals surface area contributed by atoms with Crippen LogP contribution in [0.4, 0.5) is 0 Å². The fourth-order valence-corrected chi connectivity index (χ4v) is 1.86. The van der Waals surface area contributed by atoms with Gasteiger partial charge in [-0.15, -0.1) is 6.58 Å². The molecule has 1 amide bonds. The van der Waals surface area contributed by atoms with Crippen LogP contribution in [0.15, 0.2) is 36.9 Å². The maximum absolute atomic E-state index is 11.8. The Morgan fingerprint density at radius 3 is 2.26 bits per heavy atom. The van der Waals surface area contributed by atoms with Gasteiger partial charge in [0.15, 0.2) is 0 Å². The third-order valence-corrected chi connectivity index (χ3v) is 3.22. The van der Waals surface area contributed by atoms with Crippen molar-refractivity contribution in [3.05, 3.63) is 48.0 Å². The Bertz CT molecular complexity index is 423. The predicted octanol–water partition coefficient (Wildman–Crippen LogP) is 2.89. The Labute approximate surface area is 115 Å². The highest BCUT2D eigenvalue weighted by Crippen LogP contribution is 2.18. The molecule has 19 heavy (non-hydrogen) atoms. The third-order valence-electron chi connectivity index (χ3n) is 3.22. The van der Waals surface area contributed by atoms with E-state index in [0.29, 0.717) is 12.3 Å². The summed E-state index contributed by atoms with van der Waals surface area (Å²) in [5, 5.41) is 2.92. The highest BCUT2D eigenvalue weighted by atomic mass is 16.2. The summed E-state index contributed by atoms with van der Waals surface area (Å²) in [6.07, 6.45) is 2.15. The summed E-state index contributed by atoms with van der Waals surface area (Å²) in [5.41, 5.74) is 8.12. The molecule has 3 nitrogen and oxygen atoms in total. The number of carbonyl (C=O) groups is 1. The monoisotopic (exact) mass is 260 g/mol. The van der Waals surface area contributed by atoms with Gasteiger partial charge < -0.3 is 11.1 Å². The predicted molar refractivity (Wildman–Crippen MR) is 79.9 cm³/mol. The van der Waals surface area contributed by atoms with Crippen LogP contribution in [0.5, 0.6) is 0 Å². The van der Waals surface area contributed by atoms with Crippen LogP contribution in [0.3, 0.4) is 0 Å². The van der Waals surface area contributed by atoms with Gasteiger partial charge in [-0.3, -0.25) is 4.79 Å². The lowest BCUT2D eigenvalue weighted by atomic mass is 9.99. The number of nitrogens with two attached hydrogens (primary N) is 1. The van der Waals surface area contributed by atoms with Crippen molar-refractivity contribution in [2.75, 3.05) is 0 Å². The Morgan fingerprint density at radius 2 is 1.79 bits per heavy atom. The molecule has 0 aliphatic carbocycles. The number of nitrogens with one attached hydrogen (secondary N) is 1. The maximum Gasteiger partial charge on any atom is 0.237 e. The minimum Gasteiger partial charge on any atom is -0.348 e. The molecule has 0 radical (unpaired) electrons. The molecule has 2 atom stereocenters. The van der Waals surface area contributed by atoms with E-state index in [-0.39, 0.29) is 11.9 Å². The summed E-state index contributed by atoms with van der Waals surface area (Å²) in [6, 6.07) is 7.76. The standard InChI is InChI=1S/C16H24N2O/c1-5-6-15(17)16(19)18-12(4)14-9-7-13(8-10-14)11(2)3/h5,7-12,15H,1,6,17H2,2-4H3,(H,18,19). The molecule has 1 aromatic rings. The van der Waals surface area contributed by atoms with Gasteiger partial charge in [0, 0.05) is 0 Å². The van der Waals surface area contributed by atoms with Crippen LogP contribution in [0.1, 0.15) is 50.3 Å². The van der Waals surface area contributed by atoms with Crippen LogP contribution in [0.25, 0.3) is 0 Å². The summed E-state index contributed by atoms with van der Waals surface area (Å²) in [5.74, 6) is 0.375. The zero-order chi connectivity index (χ0) is 14.4. The van der Waals surface area contributed by atoms with Gasteiger partial charge >= 0.3 is 0 Å². The number of amides is 1. The molecule has 0 saturated carbocycles. The molecule has 2 unspecified atom stereocenters.